The third kappa shape index (κ3) is 2.91. The number of benzene rings is 1. The minimum absolute atomic E-state index is 0.0803. The summed E-state index contributed by atoms with van der Waals surface area (Å²) in [5, 5.41) is 13.3. The number of nitro benzene ring substituents is 1. The van der Waals surface area contributed by atoms with Crippen molar-refractivity contribution in [2.45, 2.75) is 13.0 Å². The summed E-state index contributed by atoms with van der Waals surface area (Å²) < 4.78 is 0. The molecular formula is C9H10ClN3O3. The van der Waals surface area contributed by atoms with Gasteiger partial charge in [-0.05, 0) is 19.1 Å². The van der Waals surface area contributed by atoms with Crippen LogP contribution in [0, 0.1) is 10.1 Å². The molecule has 0 aliphatic heterocycles. The van der Waals surface area contributed by atoms with Crippen molar-refractivity contribution in [2.75, 3.05) is 5.32 Å². The molecule has 1 atom stereocenters. The first-order chi connectivity index (χ1) is 7.41. The van der Waals surface area contributed by atoms with E-state index < -0.39 is 16.9 Å². The van der Waals surface area contributed by atoms with E-state index in [1.165, 1.54) is 25.1 Å². The second-order valence-electron chi connectivity index (χ2n) is 3.20. The van der Waals surface area contributed by atoms with Crippen LogP contribution in [-0.2, 0) is 4.79 Å². The van der Waals surface area contributed by atoms with Crippen LogP contribution in [0.1, 0.15) is 6.92 Å². The Morgan fingerprint density at radius 3 is 2.75 bits per heavy atom. The molecule has 3 N–H and O–H groups in total. The van der Waals surface area contributed by atoms with Crippen LogP contribution in [-0.4, -0.2) is 16.9 Å². The van der Waals surface area contributed by atoms with Gasteiger partial charge < -0.3 is 11.1 Å². The monoisotopic (exact) mass is 243 g/mol. The molecule has 1 rings (SSSR count). The van der Waals surface area contributed by atoms with Crippen molar-refractivity contribution in [1.82, 2.24) is 0 Å². The molecule has 1 aromatic rings. The first-order valence-electron chi connectivity index (χ1n) is 4.42. The summed E-state index contributed by atoms with van der Waals surface area (Å²) in [4.78, 5) is 21.3. The summed E-state index contributed by atoms with van der Waals surface area (Å²) in [7, 11) is 0. The number of rotatable bonds is 3. The standard InChI is InChI=1S/C9H10ClN3O3/c1-5(11)9(14)12-7-3-2-6(10)4-8(7)13(15)16/h2-5H,11H2,1H3,(H,12,14). The maximum absolute atomic E-state index is 11.3. The van der Waals surface area contributed by atoms with Crippen LogP contribution in [0.15, 0.2) is 18.2 Å². The first kappa shape index (κ1) is 12.4. The molecule has 0 saturated heterocycles. The molecule has 0 radical (unpaired) electrons. The molecule has 1 unspecified atom stereocenters. The van der Waals surface area contributed by atoms with Crippen LogP contribution in [0.5, 0.6) is 0 Å². The number of hydrogen-bond acceptors (Lipinski definition) is 4. The van der Waals surface area contributed by atoms with Gasteiger partial charge in [0.05, 0.1) is 11.0 Å². The zero-order chi connectivity index (χ0) is 12.3. The van der Waals surface area contributed by atoms with Crippen LogP contribution in [0.25, 0.3) is 0 Å². The fraction of sp³-hybridized carbons (Fsp3) is 0.222. The largest absolute Gasteiger partial charge is 0.320 e. The number of carbonyl (C=O) groups is 1. The zero-order valence-electron chi connectivity index (χ0n) is 8.44. The molecule has 16 heavy (non-hydrogen) atoms. The number of hydrogen-bond donors (Lipinski definition) is 2. The van der Waals surface area contributed by atoms with E-state index in [1.54, 1.807) is 0 Å². The van der Waals surface area contributed by atoms with E-state index in [0.717, 1.165) is 0 Å². The van der Waals surface area contributed by atoms with Gasteiger partial charge in [-0.2, -0.15) is 0 Å². The maximum Gasteiger partial charge on any atom is 0.294 e. The Hall–Kier alpha value is -1.66. The highest BCUT2D eigenvalue weighted by Crippen LogP contribution is 2.27. The quantitative estimate of drug-likeness (QED) is 0.621. The van der Waals surface area contributed by atoms with E-state index in [4.69, 9.17) is 17.3 Å². The van der Waals surface area contributed by atoms with Gasteiger partial charge in [-0.3, -0.25) is 14.9 Å². The minimum atomic E-state index is -0.740. The number of carbonyl (C=O) groups excluding carboxylic acids is 1. The maximum atomic E-state index is 11.3. The van der Waals surface area contributed by atoms with E-state index in [2.05, 4.69) is 5.32 Å². The number of nitro groups is 1. The molecule has 0 aliphatic carbocycles. The third-order valence-corrected chi connectivity index (χ3v) is 2.06. The molecule has 0 saturated carbocycles. The predicted octanol–water partition coefficient (Wildman–Crippen LogP) is 1.53. The van der Waals surface area contributed by atoms with Crippen LogP contribution in [0.4, 0.5) is 11.4 Å². The van der Waals surface area contributed by atoms with Crippen LogP contribution in [0.2, 0.25) is 5.02 Å². The Kier molecular flexibility index (Phi) is 3.81. The van der Waals surface area contributed by atoms with Crippen LogP contribution in [0.3, 0.4) is 0 Å². The van der Waals surface area contributed by atoms with E-state index in [9.17, 15) is 14.9 Å². The summed E-state index contributed by atoms with van der Waals surface area (Å²) >= 11 is 5.62. The van der Waals surface area contributed by atoms with Gasteiger partial charge in [0, 0.05) is 11.1 Å². The third-order valence-electron chi connectivity index (χ3n) is 1.83. The summed E-state index contributed by atoms with van der Waals surface area (Å²) in [6.45, 7) is 1.48. The molecule has 0 bridgehead atoms. The highest BCUT2D eigenvalue weighted by Gasteiger charge is 2.17. The van der Waals surface area contributed by atoms with Crippen molar-refractivity contribution in [3.05, 3.63) is 33.3 Å². The molecule has 0 heterocycles. The fourth-order valence-electron chi connectivity index (χ4n) is 1.01. The molecule has 0 aromatic heterocycles. The smallest absolute Gasteiger partial charge is 0.294 e. The average Bonchev–Trinajstić information content (AvgIpc) is 2.20. The number of nitrogens with two attached hydrogens (primary N) is 1. The Bertz CT molecular complexity index is 434. The molecule has 1 amide bonds. The normalized spacial score (nSPS) is 11.9. The molecule has 7 heteroatoms. The lowest BCUT2D eigenvalue weighted by molar-refractivity contribution is -0.383. The molecule has 0 aliphatic rings. The van der Waals surface area contributed by atoms with E-state index in [1.807, 2.05) is 0 Å². The summed E-state index contributed by atoms with van der Waals surface area (Å²) in [6.07, 6.45) is 0. The van der Waals surface area contributed by atoms with Crippen molar-refractivity contribution in [3.8, 4) is 0 Å². The van der Waals surface area contributed by atoms with Gasteiger partial charge in [-0.15, -0.1) is 0 Å². The van der Waals surface area contributed by atoms with Gasteiger partial charge >= 0.3 is 0 Å². The predicted molar refractivity (Wildman–Crippen MR) is 60.4 cm³/mol. The van der Waals surface area contributed by atoms with E-state index in [-0.39, 0.29) is 16.4 Å². The number of anilines is 1. The molecule has 1 aromatic carbocycles. The van der Waals surface area contributed by atoms with Crippen molar-refractivity contribution in [2.24, 2.45) is 5.73 Å². The number of nitrogens with zero attached hydrogens (tertiary/aromatic N) is 1. The van der Waals surface area contributed by atoms with Gasteiger partial charge in [0.25, 0.3) is 5.69 Å². The highest BCUT2D eigenvalue weighted by atomic mass is 35.5. The van der Waals surface area contributed by atoms with Gasteiger partial charge in [0.15, 0.2) is 0 Å². The lowest BCUT2D eigenvalue weighted by Crippen LogP contribution is -2.32. The Labute approximate surface area is 96.5 Å². The zero-order valence-corrected chi connectivity index (χ0v) is 9.19. The topological polar surface area (TPSA) is 98.3 Å². The average molecular weight is 244 g/mol. The van der Waals surface area contributed by atoms with Crippen LogP contribution < -0.4 is 11.1 Å². The van der Waals surface area contributed by atoms with Gasteiger partial charge in [0.1, 0.15) is 5.69 Å². The lowest BCUT2D eigenvalue weighted by Gasteiger charge is -2.08. The van der Waals surface area contributed by atoms with Crippen molar-refractivity contribution in [3.63, 3.8) is 0 Å². The van der Waals surface area contributed by atoms with Gasteiger partial charge in [0.2, 0.25) is 5.91 Å². The fourth-order valence-corrected chi connectivity index (χ4v) is 1.17. The molecular weight excluding hydrogens is 234 g/mol. The molecule has 0 fully saturated rings. The summed E-state index contributed by atoms with van der Waals surface area (Å²) in [6, 6.07) is 3.24. The number of nitrogens with one attached hydrogen (secondary N) is 1. The summed E-state index contributed by atoms with van der Waals surface area (Å²) in [5.74, 6) is -0.495. The van der Waals surface area contributed by atoms with Gasteiger partial charge in [-0.25, -0.2) is 0 Å². The van der Waals surface area contributed by atoms with E-state index >= 15 is 0 Å². The molecule has 86 valence electrons. The molecule has 6 nitrogen and oxygen atoms in total. The number of amides is 1. The highest BCUT2D eigenvalue weighted by molar-refractivity contribution is 6.31. The van der Waals surface area contributed by atoms with Crippen molar-refractivity contribution in [1.29, 1.82) is 0 Å². The Morgan fingerprint density at radius 2 is 2.25 bits per heavy atom. The van der Waals surface area contributed by atoms with Crippen LogP contribution >= 0.6 is 11.6 Å². The minimum Gasteiger partial charge on any atom is -0.320 e. The van der Waals surface area contributed by atoms with Gasteiger partial charge in [-0.1, -0.05) is 11.6 Å². The SMILES string of the molecule is CC(N)C(=O)Nc1ccc(Cl)cc1[N+](=O)[O-]. The van der Waals surface area contributed by atoms with Crippen molar-refractivity contribution < 1.29 is 9.72 Å². The van der Waals surface area contributed by atoms with E-state index in [0.29, 0.717) is 0 Å². The second kappa shape index (κ2) is 4.91. The first-order valence-corrected chi connectivity index (χ1v) is 4.80. The molecule has 0 spiro atoms. The lowest BCUT2D eigenvalue weighted by atomic mass is 10.2. The Morgan fingerprint density at radius 1 is 1.62 bits per heavy atom. The number of halogens is 1. The second-order valence-corrected chi connectivity index (χ2v) is 3.63. The van der Waals surface area contributed by atoms with Crippen molar-refractivity contribution >= 4 is 28.9 Å². The Balaban J connectivity index is 3.04. The summed E-state index contributed by atoms with van der Waals surface area (Å²) in [5.41, 5.74) is 5.15.